The van der Waals surface area contributed by atoms with Gasteiger partial charge in [0.1, 0.15) is 16.0 Å². The van der Waals surface area contributed by atoms with Gasteiger partial charge in [-0.2, -0.15) is 0 Å². The molecular weight excluding hydrogens is 338 g/mol. The maximum Gasteiger partial charge on any atom is 0.251 e. The smallest absolute Gasteiger partial charge is 0.251 e. The fourth-order valence-electron chi connectivity index (χ4n) is 1.92. The van der Waals surface area contributed by atoms with E-state index < -0.39 is 5.54 Å². The monoisotopic (exact) mass is 359 g/mol. The molecule has 1 atom stereocenters. The molecule has 118 valence electrons. The van der Waals surface area contributed by atoms with Gasteiger partial charge >= 0.3 is 0 Å². The lowest BCUT2D eigenvalue weighted by atomic mass is 9.94. The van der Waals surface area contributed by atoms with Crippen LogP contribution in [-0.2, 0) is 0 Å². The highest BCUT2D eigenvalue weighted by Gasteiger charge is 2.25. The average molecular weight is 360 g/mol. The SMILES string of the molecule is CCC(C)(CCO)NC(=O)c1cc(OC)c(Br)c(OC)c1. The van der Waals surface area contributed by atoms with Crippen molar-refractivity contribution >= 4 is 21.8 Å². The summed E-state index contributed by atoms with van der Waals surface area (Å²) in [5, 5.41) is 12.1. The summed E-state index contributed by atoms with van der Waals surface area (Å²) in [7, 11) is 3.06. The number of carbonyl (C=O) groups is 1. The molecule has 0 saturated heterocycles. The second-order valence-electron chi connectivity index (χ2n) is 5.04. The van der Waals surface area contributed by atoms with E-state index in [-0.39, 0.29) is 12.5 Å². The number of nitrogens with one attached hydrogen (secondary N) is 1. The first-order valence-corrected chi connectivity index (χ1v) is 7.55. The maximum absolute atomic E-state index is 12.4. The molecule has 0 fully saturated rings. The third kappa shape index (κ3) is 4.35. The van der Waals surface area contributed by atoms with E-state index in [2.05, 4.69) is 21.2 Å². The van der Waals surface area contributed by atoms with E-state index in [0.29, 0.717) is 28.0 Å². The standard InChI is InChI=1S/C15H22BrNO4/c1-5-15(2,6-7-18)17-14(19)10-8-11(20-3)13(16)12(9-10)21-4/h8-9,18H,5-7H2,1-4H3,(H,17,19). The van der Waals surface area contributed by atoms with Crippen LogP contribution in [0, 0.1) is 0 Å². The Labute approximate surface area is 133 Å². The maximum atomic E-state index is 12.4. The Morgan fingerprint density at radius 3 is 2.24 bits per heavy atom. The van der Waals surface area contributed by atoms with Gasteiger partial charge in [0.25, 0.3) is 5.91 Å². The Kier molecular flexibility index (Phi) is 6.48. The molecule has 1 unspecified atom stereocenters. The largest absolute Gasteiger partial charge is 0.495 e. The zero-order chi connectivity index (χ0) is 16.0. The molecule has 0 aliphatic rings. The van der Waals surface area contributed by atoms with E-state index in [4.69, 9.17) is 14.6 Å². The minimum Gasteiger partial charge on any atom is -0.495 e. The molecule has 0 radical (unpaired) electrons. The van der Waals surface area contributed by atoms with Crippen molar-refractivity contribution in [3.05, 3.63) is 22.2 Å². The summed E-state index contributed by atoms with van der Waals surface area (Å²) in [6.07, 6.45) is 1.23. The Hall–Kier alpha value is -1.27. The summed E-state index contributed by atoms with van der Waals surface area (Å²) in [6.45, 7) is 3.91. The van der Waals surface area contributed by atoms with Gasteiger partial charge in [0.15, 0.2) is 0 Å². The van der Waals surface area contributed by atoms with Crippen molar-refractivity contribution in [3.63, 3.8) is 0 Å². The van der Waals surface area contributed by atoms with Crippen molar-refractivity contribution < 1.29 is 19.4 Å². The van der Waals surface area contributed by atoms with Crippen molar-refractivity contribution in [1.82, 2.24) is 5.32 Å². The Balaban J connectivity index is 3.07. The molecule has 0 aliphatic heterocycles. The van der Waals surface area contributed by atoms with Crippen LogP contribution in [0.25, 0.3) is 0 Å². The predicted molar refractivity (Wildman–Crippen MR) is 85.1 cm³/mol. The summed E-state index contributed by atoms with van der Waals surface area (Å²) in [6, 6.07) is 3.30. The Morgan fingerprint density at radius 1 is 1.33 bits per heavy atom. The van der Waals surface area contributed by atoms with Crippen LogP contribution in [0.15, 0.2) is 16.6 Å². The zero-order valence-corrected chi connectivity index (χ0v) is 14.4. The number of methoxy groups -OCH3 is 2. The van der Waals surface area contributed by atoms with E-state index in [1.165, 1.54) is 14.2 Å². The topological polar surface area (TPSA) is 67.8 Å². The number of carbonyl (C=O) groups excluding carboxylic acids is 1. The quantitative estimate of drug-likeness (QED) is 0.785. The molecule has 0 aromatic heterocycles. The van der Waals surface area contributed by atoms with Crippen molar-refractivity contribution in [2.75, 3.05) is 20.8 Å². The van der Waals surface area contributed by atoms with Gasteiger partial charge in [0.2, 0.25) is 0 Å². The zero-order valence-electron chi connectivity index (χ0n) is 12.8. The van der Waals surface area contributed by atoms with Crippen LogP contribution >= 0.6 is 15.9 Å². The normalized spacial score (nSPS) is 13.4. The van der Waals surface area contributed by atoms with Crippen molar-refractivity contribution in [2.24, 2.45) is 0 Å². The highest BCUT2D eigenvalue weighted by Crippen LogP contribution is 2.35. The summed E-state index contributed by atoms with van der Waals surface area (Å²) < 4.78 is 11.1. The van der Waals surface area contributed by atoms with Gasteiger partial charge in [-0.1, -0.05) is 6.92 Å². The molecule has 0 bridgehead atoms. The van der Waals surface area contributed by atoms with Gasteiger partial charge in [0.05, 0.1) is 14.2 Å². The van der Waals surface area contributed by atoms with Gasteiger partial charge in [-0.15, -0.1) is 0 Å². The molecular formula is C15H22BrNO4. The molecule has 1 amide bonds. The third-order valence-corrected chi connectivity index (χ3v) is 4.35. The Bertz CT molecular complexity index is 481. The molecule has 0 heterocycles. The van der Waals surface area contributed by atoms with Crippen molar-refractivity contribution in [1.29, 1.82) is 0 Å². The molecule has 1 rings (SSSR count). The van der Waals surface area contributed by atoms with Gasteiger partial charge in [0, 0.05) is 17.7 Å². The van der Waals surface area contributed by atoms with Crippen molar-refractivity contribution in [2.45, 2.75) is 32.2 Å². The van der Waals surface area contributed by atoms with Gasteiger partial charge in [-0.25, -0.2) is 0 Å². The lowest BCUT2D eigenvalue weighted by Crippen LogP contribution is -2.46. The summed E-state index contributed by atoms with van der Waals surface area (Å²) in [4.78, 5) is 12.4. The van der Waals surface area contributed by atoms with Crippen LogP contribution in [0.5, 0.6) is 11.5 Å². The minimum absolute atomic E-state index is 0.0254. The van der Waals surface area contributed by atoms with E-state index in [1.807, 2.05) is 13.8 Å². The van der Waals surface area contributed by atoms with Crippen LogP contribution in [-0.4, -0.2) is 37.4 Å². The second-order valence-corrected chi connectivity index (χ2v) is 5.83. The van der Waals surface area contributed by atoms with Crippen LogP contribution in [0.2, 0.25) is 0 Å². The molecule has 1 aromatic carbocycles. The minimum atomic E-state index is -0.445. The molecule has 21 heavy (non-hydrogen) atoms. The lowest BCUT2D eigenvalue weighted by Gasteiger charge is -2.29. The van der Waals surface area contributed by atoms with E-state index in [0.717, 1.165) is 6.42 Å². The highest BCUT2D eigenvalue weighted by atomic mass is 79.9. The van der Waals surface area contributed by atoms with Crippen LogP contribution in [0.3, 0.4) is 0 Å². The van der Waals surface area contributed by atoms with Gasteiger partial charge in [-0.3, -0.25) is 4.79 Å². The molecule has 2 N–H and O–H groups in total. The van der Waals surface area contributed by atoms with Gasteiger partial charge < -0.3 is 19.9 Å². The van der Waals surface area contributed by atoms with Crippen LogP contribution in [0.1, 0.15) is 37.0 Å². The predicted octanol–water partition coefficient (Wildman–Crippen LogP) is 2.75. The van der Waals surface area contributed by atoms with Crippen LogP contribution < -0.4 is 14.8 Å². The number of ether oxygens (including phenoxy) is 2. The van der Waals surface area contributed by atoms with Crippen LogP contribution in [0.4, 0.5) is 0 Å². The number of aliphatic hydroxyl groups is 1. The fourth-order valence-corrected chi connectivity index (χ4v) is 2.47. The molecule has 0 spiro atoms. The third-order valence-electron chi connectivity index (χ3n) is 3.57. The summed E-state index contributed by atoms with van der Waals surface area (Å²) in [5.41, 5.74) is 0.00356. The number of amides is 1. The van der Waals surface area contributed by atoms with E-state index >= 15 is 0 Å². The molecule has 6 heteroatoms. The van der Waals surface area contributed by atoms with E-state index in [1.54, 1.807) is 12.1 Å². The number of hydrogen-bond acceptors (Lipinski definition) is 4. The molecule has 1 aromatic rings. The van der Waals surface area contributed by atoms with Gasteiger partial charge in [-0.05, 0) is 47.8 Å². The number of hydrogen-bond donors (Lipinski definition) is 2. The summed E-state index contributed by atoms with van der Waals surface area (Å²) >= 11 is 3.37. The number of benzene rings is 1. The van der Waals surface area contributed by atoms with Crippen molar-refractivity contribution in [3.8, 4) is 11.5 Å². The molecule has 0 saturated carbocycles. The lowest BCUT2D eigenvalue weighted by molar-refractivity contribution is 0.0885. The number of aliphatic hydroxyl groups excluding tert-OH is 1. The number of halogens is 1. The first-order valence-electron chi connectivity index (χ1n) is 6.75. The molecule has 0 aliphatic carbocycles. The second kappa shape index (κ2) is 7.66. The highest BCUT2D eigenvalue weighted by molar-refractivity contribution is 9.10. The first-order chi connectivity index (χ1) is 9.90. The molecule has 5 nitrogen and oxygen atoms in total. The Morgan fingerprint density at radius 2 is 1.86 bits per heavy atom. The average Bonchev–Trinajstić information content (AvgIpc) is 2.47. The first kappa shape index (κ1) is 17.8. The number of rotatable bonds is 7. The van der Waals surface area contributed by atoms with E-state index in [9.17, 15) is 4.79 Å². The fraction of sp³-hybridized carbons (Fsp3) is 0.533. The summed E-state index contributed by atoms with van der Waals surface area (Å²) in [5.74, 6) is 0.830.